The Balaban J connectivity index is 2.13. The lowest BCUT2D eigenvalue weighted by Crippen LogP contribution is -2.05. The standard InChI is InChI=1S/C14H17Cl2N3O/c1-10-9-19(6-3-7-20-2)14(17-10)18-11-4-5-12(15)13(16)8-11/h4-5,8-9H,3,6-7H2,1-2H3,(H,17,18). The van der Waals surface area contributed by atoms with Gasteiger partial charge >= 0.3 is 0 Å². The zero-order valence-electron chi connectivity index (χ0n) is 11.5. The summed E-state index contributed by atoms with van der Waals surface area (Å²) in [5, 5.41) is 4.31. The fourth-order valence-corrected chi connectivity index (χ4v) is 2.20. The number of aryl methyl sites for hydroxylation is 2. The summed E-state index contributed by atoms with van der Waals surface area (Å²) < 4.78 is 7.14. The van der Waals surface area contributed by atoms with Crippen LogP contribution < -0.4 is 5.32 Å². The highest BCUT2D eigenvalue weighted by molar-refractivity contribution is 6.42. The Labute approximate surface area is 128 Å². The molecule has 1 N–H and O–H groups in total. The van der Waals surface area contributed by atoms with Crippen molar-refractivity contribution < 1.29 is 4.74 Å². The molecule has 108 valence electrons. The number of nitrogens with one attached hydrogen (secondary N) is 1. The molecule has 1 heterocycles. The summed E-state index contributed by atoms with van der Waals surface area (Å²) in [4.78, 5) is 4.47. The zero-order valence-corrected chi connectivity index (χ0v) is 13.0. The van der Waals surface area contributed by atoms with Gasteiger partial charge in [0.05, 0.1) is 15.7 Å². The first-order valence-corrected chi connectivity index (χ1v) is 7.10. The van der Waals surface area contributed by atoms with Gasteiger partial charge in [0, 0.05) is 32.1 Å². The molecule has 0 atom stereocenters. The van der Waals surface area contributed by atoms with Gasteiger partial charge in [-0.2, -0.15) is 0 Å². The van der Waals surface area contributed by atoms with Crippen molar-refractivity contribution in [2.75, 3.05) is 19.0 Å². The maximum Gasteiger partial charge on any atom is 0.207 e. The lowest BCUT2D eigenvalue weighted by molar-refractivity contribution is 0.190. The van der Waals surface area contributed by atoms with E-state index >= 15 is 0 Å². The number of halogens is 2. The molecule has 0 aliphatic rings. The van der Waals surface area contributed by atoms with Gasteiger partial charge < -0.3 is 14.6 Å². The molecule has 0 spiro atoms. The van der Waals surface area contributed by atoms with E-state index in [0.29, 0.717) is 10.0 Å². The molecule has 0 saturated carbocycles. The van der Waals surface area contributed by atoms with Crippen molar-refractivity contribution in [2.45, 2.75) is 19.9 Å². The van der Waals surface area contributed by atoms with Crippen molar-refractivity contribution in [3.8, 4) is 0 Å². The topological polar surface area (TPSA) is 39.1 Å². The Morgan fingerprint density at radius 3 is 2.80 bits per heavy atom. The maximum atomic E-state index is 6.01. The minimum atomic E-state index is 0.519. The molecule has 0 amide bonds. The quantitative estimate of drug-likeness (QED) is 0.809. The van der Waals surface area contributed by atoms with Crippen LogP contribution in [0.3, 0.4) is 0 Å². The van der Waals surface area contributed by atoms with Gasteiger partial charge in [-0.05, 0) is 31.5 Å². The predicted octanol–water partition coefficient (Wildman–Crippen LogP) is 4.28. The highest BCUT2D eigenvalue weighted by Gasteiger charge is 2.07. The number of hydrogen-bond donors (Lipinski definition) is 1. The number of aromatic nitrogens is 2. The van der Waals surface area contributed by atoms with Crippen molar-refractivity contribution in [1.29, 1.82) is 0 Å². The molecule has 6 heteroatoms. The largest absolute Gasteiger partial charge is 0.385 e. The molecular formula is C14H17Cl2N3O. The zero-order chi connectivity index (χ0) is 14.5. The second-order valence-corrected chi connectivity index (χ2v) is 5.31. The fourth-order valence-electron chi connectivity index (χ4n) is 1.90. The van der Waals surface area contributed by atoms with Crippen LogP contribution in [0.4, 0.5) is 11.6 Å². The van der Waals surface area contributed by atoms with Crippen molar-refractivity contribution in [3.63, 3.8) is 0 Å². The van der Waals surface area contributed by atoms with E-state index in [4.69, 9.17) is 27.9 Å². The number of nitrogens with zero attached hydrogens (tertiary/aromatic N) is 2. The van der Waals surface area contributed by atoms with Crippen LogP contribution >= 0.6 is 23.2 Å². The molecule has 0 aliphatic carbocycles. The van der Waals surface area contributed by atoms with Crippen LogP contribution in [0.2, 0.25) is 10.0 Å². The molecule has 4 nitrogen and oxygen atoms in total. The molecule has 0 radical (unpaired) electrons. The van der Waals surface area contributed by atoms with Crippen LogP contribution in [0, 0.1) is 6.92 Å². The number of methoxy groups -OCH3 is 1. The van der Waals surface area contributed by atoms with Crippen LogP contribution in [-0.2, 0) is 11.3 Å². The Morgan fingerprint density at radius 2 is 2.10 bits per heavy atom. The van der Waals surface area contributed by atoms with Gasteiger partial charge in [0.2, 0.25) is 5.95 Å². The molecule has 1 aromatic carbocycles. The van der Waals surface area contributed by atoms with Gasteiger partial charge in [0.1, 0.15) is 0 Å². The number of anilines is 2. The molecular weight excluding hydrogens is 297 g/mol. The monoisotopic (exact) mass is 313 g/mol. The van der Waals surface area contributed by atoms with Crippen molar-refractivity contribution in [3.05, 3.63) is 40.1 Å². The van der Waals surface area contributed by atoms with E-state index in [-0.39, 0.29) is 0 Å². The fraction of sp³-hybridized carbons (Fsp3) is 0.357. The lowest BCUT2D eigenvalue weighted by Gasteiger charge is -2.10. The van der Waals surface area contributed by atoms with E-state index in [1.54, 1.807) is 19.2 Å². The third-order valence-electron chi connectivity index (χ3n) is 2.82. The normalized spacial score (nSPS) is 10.8. The van der Waals surface area contributed by atoms with E-state index in [9.17, 15) is 0 Å². The Kier molecular flexibility index (Phi) is 5.29. The van der Waals surface area contributed by atoms with Gasteiger partial charge in [-0.3, -0.25) is 0 Å². The maximum absolute atomic E-state index is 6.01. The SMILES string of the molecule is COCCCn1cc(C)nc1Nc1ccc(Cl)c(Cl)c1. The summed E-state index contributed by atoms with van der Waals surface area (Å²) in [6.45, 7) is 3.54. The average molecular weight is 314 g/mol. The van der Waals surface area contributed by atoms with Crippen LogP contribution in [0.1, 0.15) is 12.1 Å². The molecule has 0 bridgehead atoms. The van der Waals surface area contributed by atoms with Gasteiger partial charge in [0.25, 0.3) is 0 Å². The highest BCUT2D eigenvalue weighted by Crippen LogP contribution is 2.26. The minimum Gasteiger partial charge on any atom is -0.385 e. The smallest absolute Gasteiger partial charge is 0.207 e. The molecule has 2 aromatic rings. The van der Waals surface area contributed by atoms with Gasteiger partial charge in [-0.1, -0.05) is 23.2 Å². The molecule has 1 aromatic heterocycles. The molecule has 2 rings (SSSR count). The summed E-state index contributed by atoms with van der Waals surface area (Å²) in [6.07, 6.45) is 2.94. The number of rotatable bonds is 6. The first kappa shape index (κ1) is 15.2. The van der Waals surface area contributed by atoms with E-state index in [1.165, 1.54) is 0 Å². The number of hydrogen-bond acceptors (Lipinski definition) is 3. The summed E-state index contributed by atoms with van der Waals surface area (Å²) >= 11 is 11.9. The van der Waals surface area contributed by atoms with Crippen LogP contribution in [-0.4, -0.2) is 23.3 Å². The summed E-state index contributed by atoms with van der Waals surface area (Å²) in [7, 11) is 1.70. The van der Waals surface area contributed by atoms with E-state index in [2.05, 4.69) is 14.9 Å². The van der Waals surface area contributed by atoms with Gasteiger partial charge in [-0.15, -0.1) is 0 Å². The second-order valence-electron chi connectivity index (χ2n) is 4.50. The minimum absolute atomic E-state index is 0.519. The molecule has 0 unspecified atom stereocenters. The average Bonchev–Trinajstić information content (AvgIpc) is 2.74. The molecule has 0 aliphatic heterocycles. The van der Waals surface area contributed by atoms with Gasteiger partial charge in [0.15, 0.2) is 0 Å². The van der Waals surface area contributed by atoms with E-state index in [1.807, 2.05) is 19.2 Å². The summed E-state index contributed by atoms with van der Waals surface area (Å²) in [5.41, 5.74) is 1.82. The van der Waals surface area contributed by atoms with Crippen molar-refractivity contribution in [1.82, 2.24) is 9.55 Å². The van der Waals surface area contributed by atoms with Crippen molar-refractivity contribution >= 4 is 34.8 Å². The number of benzene rings is 1. The second kappa shape index (κ2) is 6.97. The van der Waals surface area contributed by atoms with E-state index < -0.39 is 0 Å². The summed E-state index contributed by atoms with van der Waals surface area (Å²) in [5.74, 6) is 0.789. The van der Waals surface area contributed by atoms with Crippen LogP contribution in [0.25, 0.3) is 0 Å². The Bertz CT molecular complexity index is 584. The van der Waals surface area contributed by atoms with Crippen LogP contribution in [0.5, 0.6) is 0 Å². The van der Waals surface area contributed by atoms with Crippen molar-refractivity contribution in [2.24, 2.45) is 0 Å². The van der Waals surface area contributed by atoms with Crippen LogP contribution in [0.15, 0.2) is 24.4 Å². The predicted molar refractivity (Wildman–Crippen MR) is 83.2 cm³/mol. The number of imidazole rings is 1. The lowest BCUT2D eigenvalue weighted by atomic mass is 10.3. The molecule has 20 heavy (non-hydrogen) atoms. The highest BCUT2D eigenvalue weighted by atomic mass is 35.5. The van der Waals surface area contributed by atoms with Gasteiger partial charge in [-0.25, -0.2) is 4.98 Å². The third-order valence-corrected chi connectivity index (χ3v) is 3.56. The number of ether oxygens (including phenoxy) is 1. The molecule has 0 saturated heterocycles. The first-order valence-electron chi connectivity index (χ1n) is 6.35. The Morgan fingerprint density at radius 1 is 1.30 bits per heavy atom. The summed E-state index contributed by atoms with van der Waals surface area (Å²) in [6, 6.07) is 5.42. The van der Waals surface area contributed by atoms with E-state index in [0.717, 1.165) is 36.9 Å². The third kappa shape index (κ3) is 3.88. The Hall–Kier alpha value is -1.23. The molecule has 0 fully saturated rings. The first-order chi connectivity index (χ1) is 9.60.